The second-order valence-corrected chi connectivity index (χ2v) is 8.20. The number of carbonyl (C=O) groups excluding carboxylic acids is 2. The number of carbonyl (C=O) groups is 2. The number of halogens is 1. The Bertz CT molecular complexity index is 1340. The van der Waals surface area contributed by atoms with E-state index in [-0.39, 0.29) is 23.5 Å². The predicted molar refractivity (Wildman–Crippen MR) is 123 cm³/mol. The van der Waals surface area contributed by atoms with Gasteiger partial charge in [0, 0.05) is 5.69 Å². The summed E-state index contributed by atoms with van der Waals surface area (Å²) in [4.78, 5) is 37.6. The molecule has 0 bridgehead atoms. The summed E-state index contributed by atoms with van der Waals surface area (Å²) in [5.74, 6) is -1.62. The molecule has 0 spiro atoms. The van der Waals surface area contributed by atoms with Gasteiger partial charge in [0.15, 0.2) is 0 Å². The minimum Gasteiger partial charge on any atom is -0.463 e. The molecular weight excluding hydrogens is 431 g/mol. The van der Waals surface area contributed by atoms with Crippen LogP contribution in [-0.4, -0.2) is 23.1 Å². The summed E-state index contributed by atoms with van der Waals surface area (Å²) >= 11 is 1.09. The molecule has 2 aromatic carbocycles. The third kappa shape index (κ3) is 5.79. The second-order valence-electron chi connectivity index (χ2n) is 7.14. The molecule has 0 radical (unpaired) electrons. The van der Waals surface area contributed by atoms with Crippen molar-refractivity contribution in [2.45, 2.75) is 27.3 Å². The van der Waals surface area contributed by atoms with Crippen molar-refractivity contribution < 1.29 is 18.7 Å². The number of thiazole rings is 1. The molecule has 0 saturated heterocycles. The number of anilines is 1. The molecule has 0 aliphatic carbocycles. The van der Waals surface area contributed by atoms with Gasteiger partial charge in [-0.15, -0.1) is 11.3 Å². The van der Waals surface area contributed by atoms with Crippen LogP contribution in [0.15, 0.2) is 47.3 Å². The monoisotopic (exact) mass is 454 g/mol. The van der Waals surface area contributed by atoms with E-state index in [0.717, 1.165) is 28.0 Å². The van der Waals surface area contributed by atoms with E-state index in [1.165, 1.54) is 28.8 Å². The maximum absolute atomic E-state index is 13.4. The summed E-state index contributed by atoms with van der Waals surface area (Å²) in [7, 11) is 0. The predicted octanol–water partition coefficient (Wildman–Crippen LogP) is 2.48. The number of hydrogen-bond donors (Lipinski definition) is 1. The van der Waals surface area contributed by atoms with Crippen LogP contribution in [0.4, 0.5) is 10.1 Å². The molecule has 32 heavy (non-hydrogen) atoms. The van der Waals surface area contributed by atoms with Crippen molar-refractivity contribution in [3.8, 4) is 0 Å². The van der Waals surface area contributed by atoms with E-state index < -0.39 is 23.3 Å². The first kappa shape index (κ1) is 23.1. The molecule has 0 fully saturated rings. The highest BCUT2D eigenvalue weighted by Gasteiger charge is 2.12. The average molecular weight is 455 g/mol. The fourth-order valence-electron chi connectivity index (χ4n) is 2.99. The molecule has 1 N–H and O–H groups in total. The van der Waals surface area contributed by atoms with Gasteiger partial charge >= 0.3 is 5.97 Å². The summed E-state index contributed by atoms with van der Waals surface area (Å²) in [6.07, 6.45) is 2.92. The summed E-state index contributed by atoms with van der Waals surface area (Å²) < 4.78 is 20.2. The van der Waals surface area contributed by atoms with Gasteiger partial charge in [-0.05, 0) is 61.7 Å². The smallest absolute Gasteiger partial charge is 0.333 e. The number of benzene rings is 2. The molecule has 0 aliphatic rings. The molecule has 3 aromatic rings. The van der Waals surface area contributed by atoms with Crippen molar-refractivity contribution in [2.75, 3.05) is 11.9 Å². The summed E-state index contributed by atoms with van der Waals surface area (Å²) in [5.41, 5.74) is 2.93. The summed E-state index contributed by atoms with van der Waals surface area (Å²) in [6, 6.07) is 11.3. The average Bonchev–Trinajstić information content (AvgIpc) is 2.99. The Kier molecular flexibility index (Phi) is 7.37. The second kappa shape index (κ2) is 10.2. The lowest BCUT2D eigenvalue weighted by atomic mass is 10.1. The van der Waals surface area contributed by atoms with Crippen molar-refractivity contribution in [2.24, 2.45) is 0 Å². The third-order valence-electron chi connectivity index (χ3n) is 4.70. The largest absolute Gasteiger partial charge is 0.463 e. The number of esters is 1. The quantitative estimate of drug-likeness (QED) is 0.581. The lowest BCUT2D eigenvalue weighted by Crippen LogP contribution is -2.36. The number of nitrogens with one attached hydrogen (secondary N) is 1. The first-order valence-corrected chi connectivity index (χ1v) is 10.8. The minimum atomic E-state index is -0.606. The van der Waals surface area contributed by atoms with Gasteiger partial charge in [0.05, 0.1) is 17.2 Å². The van der Waals surface area contributed by atoms with Crippen molar-refractivity contribution in [1.82, 2.24) is 4.57 Å². The Morgan fingerprint density at radius 3 is 2.62 bits per heavy atom. The number of aromatic nitrogens is 1. The van der Waals surface area contributed by atoms with Crippen LogP contribution in [0.1, 0.15) is 23.6 Å². The molecule has 0 saturated carbocycles. The van der Waals surface area contributed by atoms with E-state index in [1.54, 1.807) is 19.1 Å². The van der Waals surface area contributed by atoms with Crippen molar-refractivity contribution in [3.63, 3.8) is 0 Å². The van der Waals surface area contributed by atoms with Gasteiger partial charge in [0.2, 0.25) is 5.91 Å². The van der Waals surface area contributed by atoms with Crippen LogP contribution in [0, 0.1) is 19.7 Å². The Morgan fingerprint density at radius 1 is 1.16 bits per heavy atom. The molecule has 1 heterocycles. The van der Waals surface area contributed by atoms with Crippen LogP contribution in [0.3, 0.4) is 0 Å². The van der Waals surface area contributed by atoms with Crippen LogP contribution in [0.25, 0.3) is 12.2 Å². The van der Waals surface area contributed by atoms with Crippen LogP contribution in [0.2, 0.25) is 0 Å². The number of aryl methyl sites for hydroxylation is 2. The maximum atomic E-state index is 13.4. The molecule has 6 nitrogen and oxygen atoms in total. The van der Waals surface area contributed by atoms with E-state index in [9.17, 15) is 18.8 Å². The van der Waals surface area contributed by atoms with Gasteiger partial charge in [0.25, 0.3) is 5.56 Å². The number of ether oxygens (including phenoxy) is 1. The van der Waals surface area contributed by atoms with E-state index in [1.807, 2.05) is 32.0 Å². The van der Waals surface area contributed by atoms with Gasteiger partial charge < -0.3 is 10.1 Å². The zero-order valence-corrected chi connectivity index (χ0v) is 18.8. The third-order valence-corrected chi connectivity index (χ3v) is 5.76. The highest BCUT2D eigenvalue weighted by molar-refractivity contribution is 7.07. The lowest BCUT2D eigenvalue weighted by molar-refractivity contribution is -0.135. The molecule has 1 amide bonds. The molecule has 166 valence electrons. The van der Waals surface area contributed by atoms with Gasteiger partial charge in [0.1, 0.15) is 17.0 Å². The van der Waals surface area contributed by atoms with Crippen molar-refractivity contribution in [1.29, 1.82) is 0 Å². The molecule has 1 aromatic heterocycles. The van der Waals surface area contributed by atoms with Gasteiger partial charge in [-0.3, -0.25) is 14.2 Å². The molecule has 0 unspecified atom stereocenters. The van der Waals surface area contributed by atoms with Crippen molar-refractivity contribution >= 4 is 41.1 Å². The van der Waals surface area contributed by atoms with Crippen LogP contribution in [0.5, 0.6) is 0 Å². The molecular formula is C24H23FN2O4S. The molecule has 8 heteroatoms. The number of nitrogens with zero attached hydrogens (tertiary/aromatic N) is 1. The van der Waals surface area contributed by atoms with Gasteiger partial charge in [-0.1, -0.05) is 24.3 Å². The van der Waals surface area contributed by atoms with Crippen molar-refractivity contribution in [3.05, 3.63) is 84.5 Å². The zero-order valence-electron chi connectivity index (χ0n) is 18.0. The number of amides is 1. The van der Waals surface area contributed by atoms with E-state index >= 15 is 0 Å². The van der Waals surface area contributed by atoms with Crippen LogP contribution in [-0.2, 0) is 20.9 Å². The standard InChI is InChI=1S/C24H23FN2O4S/c1-4-31-23(29)13-22-27(14-21(28)26-19-7-5-6-18(25)12-19)24(30)20(32-22)11-17-9-8-15(2)16(3)10-17/h5-13H,4,14H2,1-3H3,(H,26,28)/b20-11-,22-13-. The van der Waals surface area contributed by atoms with Gasteiger partial charge in [-0.25, -0.2) is 9.18 Å². The SMILES string of the molecule is CCOC(=O)/C=c1\s/c(=C\c2ccc(C)c(C)c2)c(=O)n1CC(=O)Nc1cccc(F)c1. The topological polar surface area (TPSA) is 77.4 Å². The van der Waals surface area contributed by atoms with E-state index in [4.69, 9.17) is 4.74 Å². The molecule has 0 aliphatic heterocycles. The summed E-state index contributed by atoms with van der Waals surface area (Å²) in [6.45, 7) is 5.51. The minimum absolute atomic E-state index is 0.187. The Hall–Kier alpha value is -3.52. The fourth-order valence-corrected chi connectivity index (χ4v) is 4.02. The first-order valence-electron chi connectivity index (χ1n) is 9.99. The van der Waals surface area contributed by atoms with E-state index in [0.29, 0.717) is 4.53 Å². The molecule has 0 atom stereocenters. The Morgan fingerprint density at radius 2 is 1.94 bits per heavy atom. The van der Waals surface area contributed by atoms with E-state index in [2.05, 4.69) is 5.32 Å². The first-order chi connectivity index (χ1) is 15.3. The summed E-state index contributed by atoms with van der Waals surface area (Å²) in [5, 5.41) is 2.56. The highest BCUT2D eigenvalue weighted by Crippen LogP contribution is 2.10. The normalized spacial score (nSPS) is 12.1. The maximum Gasteiger partial charge on any atom is 0.333 e. The molecule has 3 rings (SSSR count). The Labute approximate surface area is 188 Å². The lowest BCUT2D eigenvalue weighted by Gasteiger charge is -2.06. The highest BCUT2D eigenvalue weighted by atomic mass is 32.1. The number of hydrogen-bond acceptors (Lipinski definition) is 5. The zero-order chi connectivity index (χ0) is 23.3. The number of rotatable bonds is 6. The van der Waals surface area contributed by atoms with Crippen LogP contribution >= 0.6 is 11.3 Å². The van der Waals surface area contributed by atoms with Crippen LogP contribution < -0.4 is 20.1 Å². The fraction of sp³-hybridized carbons (Fsp3) is 0.208. The Balaban J connectivity index is 2.02. The van der Waals surface area contributed by atoms with Gasteiger partial charge in [-0.2, -0.15) is 0 Å².